The van der Waals surface area contributed by atoms with Crippen LogP contribution >= 0.6 is 11.3 Å². The Morgan fingerprint density at radius 1 is 1.38 bits per heavy atom. The van der Waals surface area contributed by atoms with Crippen LogP contribution in [0.5, 0.6) is 5.75 Å². The molecule has 1 aliphatic heterocycles. The molecule has 0 saturated carbocycles. The molecule has 1 aliphatic rings. The van der Waals surface area contributed by atoms with Gasteiger partial charge in [0.1, 0.15) is 11.9 Å². The highest BCUT2D eigenvalue weighted by molar-refractivity contribution is 7.18. The van der Waals surface area contributed by atoms with E-state index in [4.69, 9.17) is 10.5 Å². The molecule has 5 nitrogen and oxygen atoms in total. The first-order valence-corrected chi connectivity index (χ1v) is 9.34. The van der Waals surface area contributed by atoms with E-state index in [-0.39, 0.29) is 17.9 Å². The maximum atomic E-state index is 12.3. The van der Waals surface area contributed by atoms with E-state index in [9.17, 15) is 4.79 Å². The van der Waals surface area contributed by atoms with Crippen molar-refractivity contribution in [2.24, 2.45) is 11.7 Å². The molecule has 0 bridgehead atoms. The van der Waals surface area contributed by atoms with Crippen LogP contribution in [0.3, 0.4) is 0 Å². The van der Waals surface area contributed by atoms with Gasteiger partial charge in [-0.2, -0.15) is 0 Å². The van der Waals surface area contributed by atoms with Crippen LogP contribution in [0.1, 0.15) is 31.7 Å². The number of hydrogen-bond donors (Lipinski definition) is 1. The van der Waals surface area contributed by atoms with Crippen LogP contribution in [0.2, 0.25) is 0 Å². The number of rotatable bonds is 4. The summed E-state index contributed by atoms with van der Waals surface area (Å²) in [5.41, 5.74) is 7.00. The summed E-state index contributed by atoms with van der Waals surface area (Å²) in [5.74, 6) is 1.11. The third-order valence-electron chi connectivity index (χ3n) is 4.53. The first-order valence-electron chi connectivity index (χ1n) is 8.52. The molecule has 0 aliphatic carbocycles. The SMILES string of the molecule is Cc1nc2ccc(OC3CCN(C(=O)[C@@H](N)C(C)C)CC3)cc2s1. The minimum Gasteiger partial charge on any atom is -0.490 e. The molecule has 2 N–H and O–H groups in total. The van der Waals surface area contributed by atoms with Crippen molar-refractivity contribution in [1.29, 1.82) is 0 Å². The van der Waals surface area contributed by atoms with Gasteiger partial charge in [0, 0.05) is 25.9 Å². The number of amides is 1. The Hall–Kier alpha value is -1.66. The standard InChI is InChI=1S/C18H25N3O2S/c1-11(2)17(19)18(22)21-8-6-13(7-9-21)23-14-4-5-15-16(10-14)24-12(3)20-15/h4-5,10-11,13,17H,6-9,19H2,1-3H3/t17-/m0/s1. The van der Waals surface area contributed by atoms with Gasteiger partial charge < -0.3 is 15.4 Å². The molecule has 3 rings (SSSR count). The van der Waals surface area contributed by atoms with Gasteiger partial charge in [-0.05, 0) is 31.0 Å². The summed E-state index contributed by atoms with van der Waals surface area (Å²) in [7, 11) is 0. The van der Waals surface area contributed by atoms with Crippen LogP contribution in [-0.2, 0) is 4.79 Å². The summed E-state index contributed by atoms with van der Waals surface area (Å²) in [4.78, 5) is 18.7. The average molecular weight is 347 g/mol. The molecule has 2 heterocycles. The Labute approximate surface area is 146 Å². The van der Waals surface area contributed by atoms with E-state index in [0.717, 1.165) is 33.8 Å². The Bertz CT molecular complexity index is 720. The molecule has 130 valence electrons. The lowest BCUT2D eigenvalue weighted by Crippen LogP contribution is -2.50. The van der Waals surface area contributed by atoms with Crippen LogP contribution in [0.15, 0.2) is 18.2 Å². The molecule has 6 heteroatoms. The number of aryl methyl sites for hydroxylation is 1. The van der Waals surface area contributed by atoms with Gasteiger partial charge in [-0.15, -0.1) is 11.3 Å². The highest BCUT2D eigenvalue weighted by atomic mass is 32.1. The molecule has 2 aromatic rings. The number of hydrogen-bond acceptors (Lipinski definition) is 5. The molecule has 1 aromatic heterocycles. The fourth-order valence-corrected chi connectivity index (χ4v) is 3.83. The monoisotopic (exact) mass is 347 g/mol. The predicted molar refractivity (Wildman–Crippen MR) is 97.4 cm³/mol. The van der Waals surface area contributed by atoms with Crippen LogP contribution < -0.4 is 10.5 Å². The van der Waals surface area contributed by atoms with E-state index >= 15 is 0 Å². The molecule has 1 aromatic carbocycles. The van der Waals surface area contributed by atoms with Gasteiger partial charge in [0.15, 0.2) is 0 Å². The van der Waals surface area contributed by atoms with Gasteiger partial charge in [-0.3, -0.25) is 4.79 Å². The lowest BCUT2D eigenvalue weighted by atomic mass is 10.0. The van der Waals surface area contributed by atoms with Crippen molar-refractivity contribution in [3.8, 4) is 5.75 Å². The van der Waals surface area contributed by atoms with Crippen LogP contribution in [0.25, 0.3) is 10.2 Å². The number of benzene rings is 1. The molecular weight excluding hydrogens is 322 g/mol. The Morgan fingerprint density at radius 3 is 2.75 bits per heavy atom. The number of fused-ring (bicyclic) bond motifs is 1. The number of piperidine rings is 1. The zero-order valence-electron chi connectivity index (χ0n) is 14.5. The molecule has 24 heavy (non-hydrogen) atoms. The van der Waals surface area contributed by atoms with E-state index in [0.29, 0.717) is 13.1 Å². The zero-order chi connectivity index (χ0) is 17.3. The van der Waals surface area contributed by atoms with E-state index in [2.05, 4.69) is 11.1 Å². The van der Waals surface area contributed by atoms with E-state index < -0.39 is 6.04 Å². The number of nitrogens with two attached hydrogens (primary N) is 1. The van der Waals surface area contributed by atoms with Gasteiger partial charge in [-0.25, -0.2) is 4.98 Å². The molecule has 0 radical (unpaired) electrons. The summed E-state index contributed by atoms with van der Waals surface area (Å²) in [5, 5.41) is 1.07. The molecule has 0 unspecified atom stereocenters. The Morgan fingerprint density at radius 2 is 2.08 bits per heavy atom. The summed E-state index contributed by atoms with van der Waals surface area (Å²) >= 11 is 1.68. The highest BCUT2D eigenvalue weighted by Crippen LogP contribution is 2.27. The first-order chi connectivity index (χ1) is 11.4. The second-order valence-electron chi connectivity index (χ2n) is 6.77. The number of carbonyl (C=O) groups is 1. The van der Waals surface area contributed by atoms with Gasteiger partial charge in [0.05, 0.1) is 21.3 Å². The maximum absolute atomic E-state index is 12.3. The molecule has 1 atom stereocenters. The van der Waals surface area contributed by atoms with E-state index in [1.807, 2.05) is 37.8 Å². The molecule has 1 saturated heterocycles. The third kappa shape index (κ3) is 3.70. The Balaban J connectivity index is 1.57. The summed E-state index contributed by atoms with van der Waals surface area (Å²) < 4.78 is 7.27. The first kappa shape index (κ1) is 17.2. The summed E-state index contributed by atoms with van der Waals surface area (Å²) in [6.07, 6.45) is 1.84. The topological polar surface area (TPSA) is 68.5 Å². The smallest absolute Gasteiger partial charge is 0.239 e. The third-order valence-corrected chi connectivity index (χ3v) is 5.46. The van der Waals surface area contributed by atoms with Gasteiger partial charge in [0.25, 0.3) is 0 Å². The van der Waals surface area contributed by atoms with Gasteiger partial charge in [-0.1, -0.05) is 13.8 Å². The lowest BCUT2D eigenvalue weighted by Gasteiger charge is -2.34. The minimum atomic E-state index is -0.403. The van der Waals surface area contributed by atoms with Crippen molar-refractivity contribution in [2.75, 3.05) is 13.1 Å². The fraction of sp³-hybridized carbons (Fsp3) is 0.556. The largest absolute Gasteiger partial charge is 0.490 e. The van der Waals surface area contributed by atoms with Gasteiger partial charge in [0.2, 0.25) is 5.91 Å². The van der Waals surface area contributed by atoms with Crippen molar-refractivity contribution < 1.29 is 9.53 Å². The second kappa shape index (κ2) is 7.07. The molecule has 0 spiro atoms. The summed E-state index contributed by atoms with van der Waals surface area (Å²) in [6, 6.07) is 5.65. The number of nitrogens with zero attached hydrogens (tertiary/aromatic N) is 2. The van der Waals surface area contributed by atoms with E-state index in [1.54, 1.807) is 11.3 Å². The van der Waals surface area contributed by atoms with Crippen LogP contribution in [0.4, 0.5) is 0 Å². The van der Waals surface area contributed by atoms with Crippen LogP contribution in [0, 0.1) is 12.8 Å². The predicted octanol–water partition coefficient (Wildman–Crippen LogP) is 2.96. The maximum Gasteiger partial charge on any atom is 0.239 e. The van der Waals surface area contributed by atoms with Crippen LogP contribution in [-0.4, -0.2) is 41.0 Å². The number of carbonyl (C=O) groups excluding carboxylic acids is 1. The van der Waals surface area contributed by atoms with Gasteiger partial charge >= 0.3 is 0 Å². The minimum absolute atomic E-state index is 0.0602. The quantitative estimate of drug-likeness (QED) is 0.923. The zero-order valence-corrected chi connectivity index (χ0v) is 15.3. The number of likely N-dealkylation sites (tertiary alicyclic amines) is 1. The Kier molecular flexibility index (Phi) is 5.06. The number of ether oxygens (including phenoxy) is 1. The number of aromatic nitrogens is 1. The van der Waals surface area contributed by atoms with Crippen molar-refractivity contribution >= 4 is 27.5 Å². The number of thiazole rings is 1. The highest BCUT2D eigenvalue weighted by Gasteiger charge is 2.28. The fourth-order valence-electron chi connectivity index (χ4n) is 2.98. The van der Waals surface area contributed by atoms with Crippen molar-refractivity contribution in [1.82, 2.24) is 9.88 Å². The normalized spacial score (nSPS) is 17.5. The second-order valence-corrected chi connectivity index (χ2v) is 8.01. The average Bonchev–Trinajstić information content (AvgIpc) is 2.93. The van der Waals surface area contributed by atoms with E-state index in [1.165, 1.54) is 0 Å². The van der Waals surface area contributed by atoms with Crippen molar-refractivity contribution in [3.05, 3.63) is 23.2 Å². The summed E-state index contributed by atoms with van der Waals surface area (Å²) in [6.45, 7) is 7.41. The molecular formula is C18H25N3O2S. The molecule has 1 amide bonds. The molecule has 1 fully saturated rings. The van der Waals surface area contributed by atoms with Crippen molar-refractivity contribution in [2.45, 2.75) is 45.8 Å². The van der Waals surface area contributed by atoms with Crippen molar-refractivity contribution in [3.63, 3.8) is 0 Å². The lowest BCUT2D eigenvalue weighted by molar-refractivity contribution is -0.135.